The molecule has 0 bridgehead atoms. The smallest absolute Gasteiger partial charge is 0.309 e. The molecule has 5 heteroatoms. The molecular formula is C16H27N3O2. The molecule has 5 nitrogen and oxygen atoms in total. The zero-order valence-electron chi connectivity index (χ0n) is 13.4. The quantitative estimate of drug-likeness (QED) is 0.876. The SMILES string of the molecule is CCC(C)n1ccc(CN2CCC(CC)(C(=O)O)CC2)n1. The van der Waals surface area contributed by atoms with Gasteiger partial charge in [0, 0.05) is 18.8 Å². The van der Waals surface area contributed by atoms with Gasteiger partial charge in [0.15, 0.2) is 0 Å². The number of carboxylic acids is 1. The zero-order chi connectivity index (χ0) is 15.5. The Kier molecular flexibility index (Phi) is 5.04. The molecular weight excluding hydrogens is 266 g/mol. The van der Waals surface area contributed by atoms with Gasteiger partial charge >= 0.3 is 5.97 Å². The van der Waals surface area contributed by atoms with Crippen molar-refractivity contribution in [3.8, 4) is 0 Å². The van der Waals surface area contributed by atoms with Crippen LogP contribution in [-0.4, -0.2) is 38.8 Å². The summed E-state index contributed by atoms with van der Waals surface area (Å²) in [6.45, 7) is 8.82. The average molecular weight is 293 g/mol. The number of carboxylic acid groups (broad SMARTS) is 1. The molecule has 0 aliphatic carbocycles. The Bertz CT molecular complexity index is 476. The Morgan fingerprint density at radius 2 is 2.10 bits per heavy atom. The molecule has 1 N–H and O–H groups in total. The fraction of sp³-hybridized carbons (Fsp3) is 0.750. The van der Waals surface area contributed by atoms with Gasteiger partial charge in [-0.25, -0.2) is 0 Å². The second kappa shape index (κ2) is 6.60. The maximum atomic E-state index is 11.4. The summed E-state index contributed by atoms with van der Waals surface area (Å²) in [5.41, 5.74) is 0.571. The Morgan fingerprint density at radius 1 is 1.43 bits per heavy atom. The molecule has 1 aromatic heterocycles. The van der Waals surface area contributed by atoms with Crippen LogP contribution in [0.3, 0.4) is 0 Å². The highest BCUT2D eigenvalue weighted by atomic mass is 16.4. The third-order valence-electron chi connectivity index (χ3n) is 5.04. The minimum atomic E-state index is -0.634. The van der Waals surface area contributed by atoms with Gasteiger partial charge in [0.25, 0.3) is 0 Å². The van der Waals surface area contributed by atoms with E-state index in [2.05, 4.69) is 29.9 Å². The molecule has 21 heavy (non-hydrogen) atoms. The van der Waals surface area contributed by atoms with Gasteiger partial charge < -0.3 is 5.11 Å². The minimum absolute atomic E-state index is 0.430. The standard InChI is InChI=1S/C16H27N3O2/c1-4-13(3)19-9-6-14(17-19)12-18-10-7-16(5-2,8-11-18)15(20)21/h6,9,13H,4-5,7-8,10-12H2,1-3H3,(H,20,21). The number of hydrogen-bond donors (Lipinski definition) is 1. The van der Waals surface area contributed by atoms with E-state index < -0.39 is 11.4 Å². The van der Waals surface area contributed by atoms with Crippen molar-refractivity contribution in [1.29, 1.82) is 0 Å². The lowest BCUT2D eigenvalue weighted by Gasteiger charge is -2.38. The molecule has 0 aromatic carbocycles. The maximum Gasteiger partial charge on any atom is 0.309 e. The van der Waals surface area contributed by atoms with Crippen LogP contribution in [0.4, 0.5) is 0 Å². The van der Waals surface area contributed by atoms with Gasteiger partial charge in [0.05, 0.1) is 11.1 Å². The number of hydrogen-bond acceptors (Lipinski definition) is 3. The van der Waals surface area contributed by atoms with Crippen molar-refractivity contribution < 1.29 is 9.90 Å². The van der Waals surface area contributed by atoms with Gasteiger partial charge in [-0.2, -0.15) is 5.10 Å². The number of rotatable bonds is 6. The Balaban J connectivity index is 1.91. The van der Waals surface area contributed by atoms with E-state index in [1.54, 1.807) is 0 Å². The van der Waals surface area contributed by atoms with Crippen molar-refractivity contribution in [3.63, 3.8) is 0 Å². The van der Waals surface area contributed by atoms with E-state index in [9.17, 15) is 9.90 Å². The molecule has 0 radical (unpaired) electrons. The highest BCUT2D eigenvalue weighted by molar-refractivity contribution is 5.74. The summed E-state index contributed by atoms with van der Waals surface area (Å²) >= 11 is 0. The fourth-order valence-electron chi connectivity index (χ4n) is 2.98. The highest BCUT2D eigenvalue weighted by Crippen LogP contribution is 2.35. The summed E-state index contributed by atoms with van der Waals surface area (Å²) in [7, 11) is 0. The molecule has 1 saturated heterocycles. The van der Waals surface area contributed by atoms with Crippen LogP contribution in [0, 0.1) is 5.41 Å². The van der Waals surface area contributed by atoms with Gasteiger partial charge in [-0.3, -0.25) is 14.4 Å². The van der Waals surface area contributed by atoms with E-state index >= 15 is 0 Å². The van der Waals surface area contributed by atoms with Gasteiger partial charge in [-0.1, -0.05) is 13.8 Å². The predicted molar refractivity (Wildman–Crippen MR) is 82.1 cm³/mol. The molecule has 1 aliphatic rings. The Morgan fingerprint density at radius 3 is 2.62 bits per heavy atom. The van der Waals surface area contributed by atoms with Crippen LogP contribution in [0.15, 0.2) is 12.3 Å². The van der Waals surface area contributed by atoms with Crippen molar-refractivity contribution in [1.82, 2.24) is 14.7 Å². The normalized spacial score (nSPS) is 20.3. The lowest BCUT2D eigenvalue weighted by molar-refractivity contribution is -0.152. The first-order chi connectivity index (χ1) is 10.0. The zero-order valence-corrected chi connectivity index (χ0v) is 13.4. The van der Waals surface area contributed by atoms with Gasteiger partial charge in [-0.05, 0) is 51.8 Å². The molecule has 1 aliphatic heterocycles. The molecule has 1 fully saturated rings. The van der Waals surface area contributed by atoms with Crippen molar-refractivity contribution in [2.24, 2.45) is 5.41 Å². The first-order valence-corrected chi connectivity index (χ1v) is 8.00. The molecule has 1 aromatic rings. The Hall–Kier alpha value is -1.36. The predicted octanol–water partition coefficient (Wildman–Crippen LogP) is 2.93. The monoisotopic (exact) mass is 293 g/mol. The van der Waals surface area contributed by atoms with Crippen LogP contribution in [0.1, 0.15) is 58.2 Å². The number of aliphatic carboxylic acids is 1. The number of aromatic nitrogens is 2. The van der Waals surface area contributed by atoms with Crippen LogP contribution in [-0.2, 0) is 11.3 Å². The molecule has 0 saturated carbocycles. The summed E-state index contributed by atoms with van der Waals surface area (Å²) in [5.74, 6) is -0.634. The summed E-state index contributed by atoms with van der Waals surface area (Å²) in [5, 5.41) is 14.0. The summed E-state index contributed by atoms with van der Waals surface area (Å²) in [6, 6.07) is 2.50. The molecule has 1 atom stereocenters. The lowest BCUT2D eigenvalue weighted by atomic mass is 9.76. The van der Waals surface area contributed by atoms with Crippen molar-refractivity contribution >= 4 is 5.97 Å². The van der Waals surface area contributed by atoms with Crippen LogP contribution < -0.4 is 0 Å². The van der Waals surface area contributed by atoms with E-state index in [1.165, 1.54) is 0 Å². The van der Waals surface area contributed by atoms with Crippen LogP contribution in [0.25, 0.3) is 0 Å². The highest BCUT2D eigenvalue weighted by Gasteiger charge is 2.39. The largest absolute Gasteiger partial charge is 0.481 e. The lowest BCUT2D eigenvalue weighted by Crippen LogP contribution is -2.43. The van der Waals surface area contributed by atoms with Crippen molar-refractivity contribution in [2.75, 3.05) is 13.1 Å². The summed E-state index contributed by atoms with van der Waals surface area (Å²) in [4.78, 5) is 13.8. The van der Waals surface area contributed by atoms with Gasteiger partial charge in [0.1, 0.15) is 0 Å². The topological polar surface area (TPSA) is 58.4 Å². The number of likely N-dealkylation sites (tertiary alicyclic amines) is 1. The van der Waals surface area contributed by atoms with E-state index in [-0.39, 0.29) is 0 Å². The molecule has 0 amide bonds. The number of piperidine rings is 1. The molecule has 0 spiro atoms. The van der Waals surface area contributed by atoms with Gasteiger partial charge in [-0.15, -0.1) is 0 Å². The summed E-state index contributed by atoms with van der Waals surface area (Å²) in [6.07, 6.45) is 5.32. The van der Waals surface area contributed by atoms with E-state index in [0.717, 1.165) is 51.0 Å². The number of nitrogens with zero attached hydrogens (tertiary/aromatic N) is 3. The molecule has 2 heterocycles. The van der Waals surface area contributed by atoms with E-state index in [0.29, 0.717) is 6.04 Å². The third kappa shape index (κ3) is 3.46. The third-order valence-corrected chi connectivity index (χ3v) is 5.04. The first kappa shape index (κ1) is 16.0. The summed E-state index contributed by atoms with van der Waals surface area (Å²) < 4.78 is 2.02. The van der Waals surface area contributed by atoms with Crippen molar-refractivity contribution in [2.45, 2.75) is 59.0 Å². The van der Waals surface area contributed by atoms with Crippen LogP contribution >= 0.6 is 0 Å². The maximum absolute atomic E-state index is 11.4. The van der Waals surface area contributed by atoms with Gasteiger partial charge in [0.2, 0.25) is 0 Å². The average Bonchev–Trinajstić information content (AvgIpc) is 2.95. The second-order valence-corrected chi connectivity index (χ2v) is 6.26. The molecule has 2 rings (SSSR count). The van der Waals surface area contributed by atoms with Crippen LogP contribution in [0.5, 0.6) is 0 Å². The van der Waals surface area contributed by atoms with Crippen molar-refractivity contribution in [3.05, 3.63) is 18.0 Å². The molecule has 118 valence electrons. The fourth-order valence-corrected chi connectivity index (χ4v) is 2.98. The first-order valence-electron chi connectivity index (χ1n) is 8.00. The molecule has 1 unspecified atom stereocenters. The minimum Gasteiger partial charge on any atom is -0.481 e. The van der Waals surface area contributed by atoms with Crippen LogP contribution in [0.2, 0.25) is 0 Å². The van der Waals surface area contributed by atoms with E-state index in [1.807, 2.05) is 17.8 Å². The number of carbonyl (C=O) groups is 1. The Labute approximate surface area is 126 Å². The van der Waals surface area contributed by atoms with E-state index in [4.69, 9.17) is 0 Å². The second-order valence-electron chi connectivity index (χ2n) is 6.26.